The molecule has 1 aliphatic carbocycles. The van der Waals surface area contributed by atoms with Crippen molar-refractivity contribution in [1.82, 2.24) is 0 Å². The lowest BCUT2D eigenvalue weighted by Gasteiger charge is -2.31. The maximum atomic E-state index is 13.5. The van der Waals surface area contributed by atoms with Crippen molar-refractivity contribution in [2.75, 3.05) is 6.54 Å². The predicted octanol–water partition coefficient (Wildman–Crippen LogP) is 2.41. The molecule has 78 valence electrons. The van der Waals surface area contributed by atoms with Crippen LogP contribution in [0.25, 0.3) is 0 Å². The molecule has 0 aromatic rings. The summed E-state index contributed by atoms with van der Waals surface area (Å²) in [6, 6.07) is 0. The average molecular weight is 199 g/mol. The highest BCUT2D eigenvalue weighted by molar-refractivity contribution is 4.96. The van der Waals surface area contributed by atoms with E-state index < -0.39 is 24.3 Å². The molecule has 0 aliphatic heterocycles. The SMILES string of the molecule is NCC(F)(C1CCCC1)C(F)(F)F. The molecule has 0 radical (unpaired) electrons. The first-order valence-electron chi connectivity index (χ1n) is 4.37. The Balaban J connectivity index is 2.79. The van der Waals surface area contributed by atoms with Gasteiger partial charge in [-0.2, -0.15) is 13.2 Å². The van der Waals surface area contributed by atoms with Gasteiger partial charge in [0.25, 0.3) is 0 Å². The van der Waals surface area contributed by atoms with Gasteiger partial charge >= 0.3 is 6.18 Å². The van der Waals surface area contributed by atoms with E-state index in [0.29, 0.717) is 25.7 Å². The van der Waals surface area contributed by atoms with E-state index in [0.717, 1.165) is 0 Å². The number of halogens is 4. The topological polar surface area (TPSA) is 26.0 Å². The summed E-state index contributed by atoms with van der Waals surface area (Å²) >= 11 is 0. The maximum Gasteiger partial charge on any atom is 0.424 e. The lowest BCUT2D eigenvalue weighted by Crippen LogP contribution is -2.52. The highest BCUT2D eigenvalue weighted by atomic mass is 19.4. The zero-order chi connectivity index (χ0) is 10.1. The molecule has 0 amide bonds. The number of hydrogen-bond acceptors (Lipinski definition) is 1. The van der Waals surface area contributed by atoms with Crippen LogP contribution < -0.4 is 5.73 Å². The molecular weight excluding hydrogens is 186 g/mol. The van der Waals surface area contributed by atoms with Crippen LogP contribution >= 0.6 is 0 Å². The zero-order valence-electron chi connectivity index (χ0n) is 7.20. The van der Waals surface area contributed by atoms with Gasteiger partial charge in [-0.05, 0) is 12.8 Å². The largest absolute Gasteiger partial charge is 0.424 e. The molecule has 0 aromatic carbocycles. The second-order valence-corrected chi connectivity index (χ2v) is 3.55. The van der Waals surface area contributed by atoms with Gasteiger partial charge in [-0.15, -0.1) is 0 Å². The average Bonchev–Trinajstić information content (AvgIpc) is 2.52. The van der Waals surface area contributed by atoms with Crippen LogP contribution in [0.15, 0.2) is 0 Å². The number of nitrogens with two attached hydrogens (primary N) is 1. The third kappa shape index (κ3) is 1.80. The molecule has 0 spiro atoms. The zero-order valence-corrected chi connectivity index (χ0v) is 7.20. The van der Waals surface area contributed by atoms with Crippen molar-refractivity contribution in [3.05, 3.63) is 0 Å². The Labute approximate surface area is 74.3 Å². The van der Waals surface area contributed by atoms with Crippen molar-refractivity contribution in [1.29, 1.82) is 0 Å². The molecule has 0 aromatic heterocycles. The Morgan fingerprint density at radius 1 is 1.08 bits per heavy atom. The van der Waals surface area contributed by atoms with Crippen LogP contribution in [0.4, 0.5) is 17.6 Å². The smallest absolute Gasteiger partial charge is 0.327 e. The first-order valence-corrected chi connectivity index (χ1v) is 4.37. The minimum absolute atomic E-state index is 0.299. The summed E-state index contributed by atoms with van der Waals surface area (Å²) in [5.74, 6) is -0.933. The van der Waals surface area contributed by atoms with Crippen molar-refractivity contribution >= 4 is 0 Å². The Morgan fingerprint density at radius 2 is 1.54 bits per heavy atom. The van der Waals surface area contributed by atoms with E-state index in [4.69, 9.17) is 5.73 Å². The van der Waals surface area contributed by atoms with Crippen molar-refractivity contribution in [3.63, 3.8) is 0 Å². The molecule has 1 saturated carbocycles. The summed E-state index contributed by atoms with van der Waals surface area (Å²) < 4.78 is 50.4. The normalized spacial score (nSPS) is 24.7. The quantitative estimate of drug-likeness (QED) is 0.679. The van der Waals surface area contributed by atoms with E-state index in [1.807, 2.05) is 0 Å². The molecule has 13 heavy (non-hydrogen) atoms. The fourth-order valence-electron chi connectivity index (χ4n) is 1.90. The van der Waals surface area contributed by atoms with Gasteiger partial charge in [-0.25, -0.2) is 4.39 Å². The van der Waals surface area contributed by atoms with Gasteiger partial charge in [-0.1, -0.05) is 12.8 Å². The van der Waals surface area contributed by atoms with Gasteiger partial charge in [-0.3, -0.25) is 0 Å². The minimum atomic E-state index is -4.82. The standard InChI is InChI=1S/C8H13F4N/c9-7(5-13,8(10,11)12)6-3-1-2-4-6/h6H,1-5,13H2. The number of rotatable bonds is 2. The molecule has 2 N–H and O–H groups in total. The third-order valence-corrected chi connectivity index (χ3v) is 2.77. The molecule has 1 aliphatic rings. The molecule has 0 saturated heterocycles. The molecule has 0 heterocycles. The van der Waals surface area contributed by atoms with Gasteiger partial charge in [0.05, 0.1) is 0 Å². The number of hydrogen-bond donors (Lipinski definition) is 1. The molecule has 1 fully saturated rings. The summed E-state index contributed by atoms with van der Waals surface area (Å²) in [4.78, 5) is 0. The summed E-state index contributed by atoms with van der Waals surface area (Å²) in [6.07, 6.45) is -2.88. The fourth-order valence-corrected chi connectivity index (χ4v) is 1.90. The summed E-state index contributed by atoms with van der Waals surface area (Å²) in [5.41, 5.74) is 1.71. The maximum absolute atomic E-state index is 13.5. The molecule has 1 unspecified atom stereocenters. The Morgan fingerprint density at radius 3 is 1.85 bits per heavy atom. The van der Waals surface area contributed by atoms with Gasteiger partial charge in [0.15, 0.2) is 0 Å². The Bertz CT molecular complexity index is 173. The van der Waals surface area contributed by atoms with E-state index >= 15 is 0 Å². The van der Waals surface area contributed by atoms with E-state index in [1.54, 1.807) is 0 Å². The molecule has 1 rings (SSSR count). The van der Waals surface area contributed by atoms with Crippen LogP contribution in [0.5, 0.6) is 0 Å². The van der Waals surface area contributed by atoms with Gasteiger partial charge in [0, 0.05) is 12.5 Å². The fraction of sp³-hybridized carbons (Fsp3) is 1.00. The Kier molecular flexibility index (Phi) is 2.85. The van der Waals surface area contributed by atoms with Crippen LogP contribution in [0.3, 0.4) is 0 Å². The summed E-state index contributed by atoms with van der Waals surface area (Å²) in [7, 11) is 0. The minimum Gasteiger partial charge on any atom is -0.327 e. The van der Waals surface area contributed by atoms with Crippen LogP contribution in [0.2, 0.25) is 0 Å². The molecule has 5 heteroatoms. The van der Waals surface area contributed by atoms with Gasteiger partial charge in [0.1, 0.15) is 0 Å². The second kappa shape index (κ2) is 3.44. The van der Waals surface area contributed by atoms with E-state index in [9.17, 15) is 17.6 Å². The molecule has 1 atom stereocenters. The van der Waals surface area contributed by atoms with Crippen molar-refractivity contribution in [2.24, 2.45) is 11.7 Å². The van der Waals surface area contributed by atoms with Crippen LogP contribution in [-0.2, 0) is 0 Å². The monoisotopic (exact) mass is 199 g/mol. The second-order valence-electron chi connectivity index (χ2n) is 3.55. The van der Waals surface area contributed by atoms with Gasteiger partial charge < -0.3 is 5.73 Å². The molecular formula is C8H13F4N. The summed E-state index contributed by atoms with van der Waals surface area (Å²) in [5, 5.41) is 0. The van der Waals surface area contributed by atoms with Crippen LogP contribution in [0, 0.1) is 5.92 Å². The van der Waals surface area contributed by atoms with Crippen molar-refractivity contribution in [3.8, 4) is 0 Å². The lowest BCUT2D eigenvalue weighted by atomic mass is 9.87. The highest BCUT2D eigenvalue weighted by Gasteiger charge is 2.59. The first-order chi connectivity index (χ1) is 5.92. The lowest BCUT2D eigenvalue weighted by molar-refractivity contribution is -0.244. The van der Waals surface area contributed by atoms with Crippen LogP contribution in [-0.4, -0.2) is 18.4 Å². The van der Waals surface area contributed by atoms with E-state index in [2.05, 4.69) is 0 Å². The summed E-state index contributed by atoms with van der Waals surface area (Å²) in [6.45, 7) is -0.957. The Hall–Kier alpha value is -0.320. The molecule has 1 nitrogen and oxygen atoms in total. The first kappa shape index (κ1) is 10.8. The highest BCUT2D eigenvalue weighted by Crippen LogP contribution is 2.45. The van der Waals surface area contributed by atoms with Gasteiger partial charge in [0.2, 0.25) is 5.67 Å². The molecule has 0 bridgehead atoms. The predicted molar refractivity (Wildman–Crippen MR) is 40.9 cm³/mol. The van der Waals surface area contributed by atoms with Crippen LogP contribution in [0.1, 0.15) is 25.7 Å². The van der Waals surface area contributed by atoms with Crippen molar-refractivity contribution in [2.45, 2.75) is 37.5 Å². The van der Waals surface area contributed by atoms with Crippen molar-refractivity contribution < 1.29 is 17.6 Å². The van der Waals surface area contributed by atoms with E-state index in [1.165, 1.54) is 0 Å². The third-order valence-electron chi connectivity index (χ3n) is 2.77. The number of alkyl halides is 4. The van der Waals surface area contributed by atoms with E-state index in [-0.39, 0.29) is 0 Å².